The summed E-state index contributed by atoms with van der Waals surface area (Å²) in [5, 5.41) is 21.7. The number of anilines is 1. The third-order valence-corrected chi connectivity index (χ3v) is 5.79. The number of nitriles is 1. The third kappa shape index (κ3) is 6.68. The van der Waals surface area contributed by atoms with Gasteiger partial charge in [0, 0.05) is 10.7 Å². The maximum atomic E-state index is 12.5. The predicted octanol–water partition coefficient (Wildman–Crippen LogP) is 6.69. The summed E-state index contributed by atoms with van der Waals surface area (Å²) in [5.74, 6) is -1.21. The number of carbonyl (C=O) groups is 2. The van der Waals surface area contributed by atoms with Crippen LogP contribution >= 0.6 is 43.5 Å². The normalized spacial score (nSPS) is 10.9. The van der Waals surface area contributed by atoms with Crippen molar-refractivity contribution in [2.75, 3.05) is 5.32 Å². The van der Waals surface area contributed by atoms with Gasteiger partial charge in [-0.1, -0.05) is 29.8 Å². The van der Waals surface area contributed by atoms with Crippen LogP contribution in [0.4, 0.5) is 5.69 Å². The highest BCUT2D eigenvalue weighted by atomic mass is 79.9. The molecule has 6 nitrogen and oxygen atoms in total. The Balaban J connectivity index is 1.77. The van der Waals surface area contributed by atoms with Gasteiger partial charge in [-0.3, -0.25) is 4.79 Å². The summed E-state index contributed by atoms with van der Waals surface area (Å²) in [6.45, 7) is 0.324. The fraction of sp³-hybridized carbons (Fsp3) is 0.0417. The average Bonchev–Trinajstić information content (AvgIpc) is 2.78. The third-order valence-electron chi connectivity index (χ3n) is 4.36. The fourth-order valence-corrected chi connectivity index (χ4v) is 4.36. The lowest BCUT2D eigenvalue weighted by Crippen LogP contribution is -2.14. The highest BCUT2D eigenvalue weighted by molar-refractivity contribution is 9.11. The van der Waals surface area contributed by atoms with Gasteiger partial charge < -0.3 is 15.2 Å². The number of nitrogens with zero attached hydrogens (tertiary/aromatic N) is 1. The van der Waals surface area contributed by atoms with E-state index >= 15 is 0 Å². The van der Waals surface area contributed by atoms with Gasteiger partial charge in [0.05, 0.1) is 14.5 Å². The van der Waals surface area contributed by atoms with E-state index < -0.39 is 11.9 Å². The Morgan fingerprint density at radius 3 is 2.36 bits per heavy atom. The molecule has 166 valence electrons. The number of rotatable bonds is 7. The molecule has 3 aromatic carbocycles. The molecule has 0 aliphatic rings. The molecular formula is C24H15Br2ClN2O4. The lowest BCUT2D eigenvalue weighted by atomic mass is 10.1. The van der Waals surface area contributed by atoms with Crippen molar-refractivity contribution in [1.82, 2.24) is 0 Å². The molecule has 0 atom stereocenters. The second kappa shape index (κ2) is 11.1. The largest absolute Gasteiger partial charge is 0.487 e. The number of carboxylic acids is 1. The Bertz CT molecular complexity index is 1260. The average molecular weight is 591 g/mol. The molecule has 0 saturated heterocycles. The molecule has 1 amide bonds. The summed E-state index contributed by atoms with van der Waals surface area (Å²) in [4.78, 5) is 23.6. The van der Waals surface area contributed by atoms with Crippen LogP contribution in [0.1, 0.15) is 21.5 Å². The monoisotopic (exact) mass is 588 g/mol. The Hall–Kier alpha value is -3.12. The predicted molar refractivity (Wildman–Crippen MR) is 133 cm³/mol. The van der Waals surface area contributed by atoms with Crippen molar-refractivity contribution in [3.63, 3.8) is 0 Å². The molecule has 33 heavy (non-hydrogen) atoms. The molecule has 0 unspecified atom stereocenters. The number of amides is 1. The van der Waals surface area contributed by atoms with E-state index in [2.05, 4.69) is 37.2 Å². The minimum Gasteiger partial charge on any atom is -0.487 e. The summed E-state index contributed by atoms with van der Waals surface area (Å²) in [5.41, 5.74) is 1.67. The van der Waals surface area contributed by atoms with Gasteiger partial charge in [0.1, 0.15) is 24.0 Å². The number of ether oxygens (including phenoxy) is 1. The first-order chi connectivity index (χ1) is 15.8. The zero-order valence-electron chi connectivity index (χ0n) is 16.8. The van der Waals surface area contributed by atoms with Gasteiger partial charge in [-0.05, 0) is 91.5 Å². The summed E-state index contributed by atoms with van der Waals surface area (Å²) in [6.07, 6.45) is 1.43. The molecule has 3 aromatic rings. The maximum absolute atomic E-state index is 12.5. The van der Waals surface area contributed by atoms with Crippen LogP contribution in [0, 0.1) is 11.3 Å². The first-order valence-corrected chi connectivity index (χ1v) is 11.4. The molecule has 9 heteroatoms. The van der Waals surface area contributed by atoms with Crippen LogP contribution in [0.25, 0.3) is 6.08 Å². The van der Waals surface area contributed by atoms with Gasteiger partial charge in [0.15, 0.2) is 0 Å². The van der Waals surface area contributed by atoms with Crippen molar-refractivity contribution in [3.05, 3.63) is 96.9 Å². The molecule has 0 saturated carbocycles. The molecule has 0 radical (unpaired) electrons. The number of benzene rings is 3. The summed E-state index contributed by atoms with van der Waals surface area (Å²) in [7, 11) is 0. The Kier molecular flexibility index (Phi) is 8.28. The van der Waals surface area contributed by atoms with Crippen LogP contribution in [0.15, 0.2) is 75.2 Å². The zero-order valence-corrected chi connectivity index (χ0v) is 20.7. The number of hydrogen-bond donors (Lipinski definition) is 2. The lowest BCUT2D eigenvalue weighted by molar-refractivity contribution is -0.112. The number of carboxylic acid groups (broad SMARTS) is 1. The molecule has 0 fully saturated rings. The van der Waals surface area contributed by atoms with Crippen LogP contribution in [-0.2, 0) is 11.4 Å². The maximum Gasteiger partial charge on any atom is 0.335 e. The van der Waals surface area contributed by atoms with Crippen molar-refractivity contribution in [2.24, 2.45) is 0 Å². The van der Waals surface area contributed by atoms with E-state index in [1.165, 1.54) is 24.3 Å². The molecule has 0 bridgehead atoms. The van der Waals surface area contributed by atoms with Crippen LogP contribution in [0.2, 0.25) is 5.02 Å². The van der Waals surface area contributed by atoms with E-state index in [0.717, 1.165) is 5.56 Å². The number of carbonyl (C=O) groups excluding carboxylic acids is 1. The topological polar surface area (TPSA) is 99.4 Å². The fourth-order valence-electron chi connectivity index (χ4n) is 2.78. The van der Waals surface area contributed by atoms with Gasteiger partial charge in [-0.25, -0.2) is 4.79 Å². The first-order valence-electron chi connectivity index (χ1n) is 9.39. The quantitative estimate of drug-likeness (QED) is 0.236. The Morgan fingerprint density at radius 2 is 1.76 bits per heavy atom. The second-order valence-electron chi connectivity index (χ2n) is 6.74. The van der Waals surface area contributed by atoms with Gasteiger partial charge in [-0.15, -0.1) is 0 Å². The highest BCUT2D eigenvalue weighted by Crippen LogP contribution is 2.36. The summed E-state index contributed by atoms with van der Waals surface area (Å²) < 4.78 is 7.14. The van der Waals surface area contributed by atoms with E-state index in [-0.39, 0.29) is 16.8 Å². The number of aromatic carboxylic acids is 1. The molecule has 3 rings (SSSR count). The Morgan fingerprint density at radius 1 is 1.09 bits per heavy atom. The van der Waals surface area contributed by atoms with Crippen LogP contribution in [-0.4, -0.2) is 17.0 Å². The molecule has 0 aliphatic heterocycles. The van der Waals surface area contributed by atoms with Crippen molar-refractivity contribution in [2.45, 2.75) is 6.61 Å². The van der Waals surface area contributed by atoms with Gasteiger partial charge in [-0.2, -0.15) is 5.26 Å². The molecule has 0 aromatic heterocycles. The van der Waals surface area contributed by atoms with Crippen LogP contribution < -0.4 is 10.1 Å². The smallest absolute Gasteiger partial charge is 0.335 e. The molecule has 0 spiro atoms. The van der Waals surface area contributed by atoms with Gasteiger partial charge in [0.25, 0.3) is 5.91 Å². The van der Waals surface area contributed by atoms with Crippen LogP contribution in [0.3, 0.4) is 0 Å². The highest BCUT2D eigenvalue weighted by Gasteiger charge is 2.14. The summed E-state index contributed by atoms with van der Waals surface area (Å²) in [6, 6.07) is 18.4. The minimum atomic E-state index is -1.12. The minimum absolute atomic E-state index is 0.0253. The zero-order chi connectivity index (χ0) is 24.0. The van der Waals surface area contributed by atoms with Crippen molar-refractivity contribution >= 4 is 67.1 Å². The SMILES string of the molecule is N#C/C(=C/c1cc(Br)c(OCc2ccc(Cl)cc2)c(Br)c1)C(=O)Nc1cccc(C(=O)O)c1. The second-order valence-corrected chi connectivity index (χ2v) is 8.88. The lowest BCUT2D eigenvalue weighted by Gasteiger charge is -2.12. The van der Waals surface area contributed by atoms with Crippen LogP contribution in [0.5, 0.6) is 5.75 Å². The van der Waals surface area contributed by atoms with E-state index in [1.807, 2.05) is 18.2 Å². The Labute approximate surface area is 211 Å². The summed E-state index contributed by atoms with van der Waals surface area (Å²) >= 11 is 12.8. The van der Waals surface area contributed by atoms with Crippen molar-refractivity contribution in [3.8, 4) is 11.8 Å². The number of nitrogens with one attached hydrogen (secondary N) is 1. The molecule has 2 N–H and O–H groups in total. The van der Waals surface area contributed by atoms with E-state index in [0.29, 0.717) is 31.9 Å². The molecular weight excluding hydrogens is 576 g/mol. The van der Waals surface area contributed by atoms with E-state index in [1.54, 1.807) is 30.3 Å². The standard InChI is InChI=1S/C24H15Br2ClN2O4/c25-20-9-15(10-21(26)22(20)33-13-14-4-6-18(27)7-5-14)8-17(12-28)23(30)29-19-3-1-2-16(11-19)24(31)32/h1-11H,13H2,(H,29,30)(H,31,32)/b17-8-. The van der Waals surface area contributed by atoms with Crippen molar-refractivity contribution in [1.29, 1.82) is 5.26 Å². The van der Waals surface area contributed by atoms with Gasteiger partial charge in [0.2, 0.25) is 0 Å². The first kappa shape index (κ1) is 24.5. The number of halogens is 3. The molecule has 0 heterocycles. The van der Waals surface area contributed by atoms with E-state index in [4.69, 9.17) is 21.4 Å². The van der Waals surface area contributed by atoms with Gasteiger partial charge >= 0.3 is 5.97 Å². The van der Waals surface area contributed by atoms with E-state index in [9.17, 15) is 14.9 Å². The number of hydrogen-bond acceptors (Lipinski definition) is 4. The van der Waals surface area contributed by atoms with Crippen molar-refractivity contribution < 1.29 is 19.4 Å². The molecule has 0 aliphatic carbocycles.